The Morgan fingerprint density at radius 3 is 2.37 bits per heavy atom. The highest BCUT2D eigenvalue weighted by Gasteiger charge is 2.20. The van der Waals surface area contributed by atoms with Crippen LogP contribution in [0.3, 0.4) is 0 Å². The van der Waals surface area contributed by atoms with Crippen molar-refractivity contribution in [3.05, 3.63) is 35.4 Å². The number of hydrogen-bond acceptors (Lipinski definition) is 3. The first kappa shape index (κ1) is 14.0. The Hall–Kier alpha value is -1.39. The van der Waals surface area contributed by atoms with Crippen molar-refractivity contribution in [1.29, 1.82) is 0 Å². The number of hydrogen-bond donors (Lipinski definition) is 2. The molecule has 0 spiro atoms. The van der Waals surface area contributed by atoms with Crippen LogP contribution in [0.25, 0.3) is 0 Å². The SMILES string of the molecule is CCNC(CN1CCc2ccccc2CC1)C(N)=O. The van der Waals surface area contributed by atoms with Crippen molar-refractivity contribution in [3.8, 4) is 0 Å². The molecule has 4 heteroatoms. The lowest BCUT2D eigenvalue weighted by atomic mass is 10.0. The van der Waals surface area contributed by atoms with Gasteiger partial charge in [0.25, 0.3) is 0 Å². The summed E-state index contributed by atoms with van der Waals surface area (Å²) in [6.07, 6.45) is 2.10. The van der Waals surface area contributed by atoms with Gasteiger partial charge in [-0.1, -0.05) is 31.2 Å². The lowest BCUT2D eigenvalue weighted by Crippen LogP contribution is -2.49. The predicted octanol–water partition coefficient (Wildman–Crippen LogP) is 0.551. The number of nitrogens with zero attached hydrogens (tertiary/aromatic N) is 1. The second-order valence-corrected chi connectivity index (χ2v) is 5.08. The summed E-state index contributed by atoms with van der Waals surface area (Å²) in [5, 5.41) is 3.15. The number of benzene rings is 1. The number of nitrogens with one attached hydrogen (secondary N) is 1. The van der Waals surface area contributed by atoms with Gasteiger partial charge in [-0.3, -0.25) is 4.79 Å². The van der Waals surface area contributed by atoms with E-state index in [0.717, 1.165) is 32.5 Å². The molecule has 1 aromatic carbocycles. The first-order chi connectivity index (χ1) is 9.20. The summed E-state index contributed by atoms with van der Waals surface area (Å²) in [4.78, 5) is 13.7. The topological polar surface area (TPSA) is 58.4 Å². The van der Waals surface area contributed by atoms with E-state index in [4.69, 9.17) is 5.73 Å². The van der Waals surface area contributed by atoms with Gasteiger partial charge in [-0.25, -0.2) is 0 Å². The number of fused-ring (bicyclic) bond motifs is 1. The molecule has 19 heavy (non-hydrogen) atoms. The number of amides is 1. The summed E-state index contributed by atoms with van der Waals surface area (Å²) in [5.74, 6) is -0.261. The van der Waals surface area contributed by atoms with Crippen LogP contribution in [0.1, 0.15) is 18.1 Å². The Morgan fingerprint density at radius 1 is 1.32 bits per heavy atom. The van der Waals surface area contributed by atoms with Crippen molar-refractivity contribution in [1.82, 2.24) is 10.2 Å². The monoisotopic (exact) mass is 261 g/mol. The molecule has 1 aromatic rings. The number of carbonyl (C=O) groups is 1. The van der Waals surface area contributed by atoms with Gasteiger partial charge in [0.2, 0.25) is 5.91 Å². The summed E-state index contributed by atoms with van der Waals surface area (Å²) in [5.41, 5.74) is 8.30. The Bertz CT molecular complexity index is 406. The van der Waals surface area contributed by atoms with Crippen LogP contribution in [0.5, 0.6) is 0 Å². The van der Waals surface area contributed by atoms with Crippen LogP contribution in [-0.2, 0) is 17.6 Å². The molecule has 0 saturated carbocycles. The maximum Gasteiger partial charge on any atom is 0.235 e. The molecule has 0 aliphatic carbocycles. The first-order valence-electron chi connectivity index (χ1n) is 7.02. The maximum atomic E-state index is 11.4. The standard InChI is InChI=1S/C15H23N3O/c1-2-17-14(15(16)19)11-18-9-7-12-5-3-4-6-13(12)8-10-18/h3-6,14,17H,2,7-11H2,1H3,(H2,16,19). The molecule has 3 N–H and O–H groups in total. The van der Waals surface area contributed by atoms with E-state index in [0.29, 0.717) is 6.54 Å². The zero-order valence-corrected chi connectivity index (χ0v) is 11.6. The second-order valence-electron chi connectivity index (χ2n) is 5.08. The molecule has 0 aromatic heterocycles. The lowest BCUT2D eigenvalue weighted by Gasteiger charge is -2.24. The van der Waals surface area contributed by atoms with Gasteiger partial charge in [0.05, 0.1) is 6.04 Å². The molecule has 2 rings (SSSR count). The molecule has 1 unspecified atom stereocenters. The number of carbonyl (C=O) groups excluding carboxylic acids is 1. The summed E-state index contributed by atoms with van der Waals surface area (Å²) in [6.45, 7) is 5.45. The van der Waals surface area contributed by atoms with E-state index in [9.17, 15) is 4.79 Å². The van der Waals surface area contributed by atoms with Gasteiger partial charge < -0.3 is 16.0 Å². The predicted molar refractivity (Wildman–Crippen MR) is 76.9 cm³/mol. The molecule has 0 bridgehead atoms. The molecule has 104 valence electrons. The third kappa shape index (κ3) is 3.78. The normalized spacial score (nSPS) is 17.5. The van der Waals surface area contributed by atoms with Crippen LogP contribution >= 0.6 is 0 Å². The third-order valence-corrected chi connectivity index (χ3v) is 3.75. The zero-order valence-electron chi connectivity index (χ0n) is 11.6. The van der Waals surface area contributed by atoms with Gasteiger partial charge >= 0.3 is 0 Å². The largest absolute Gasteiger partial charge is 0.368 e. The van der Waals surface area contributed by atoms with Crippen molar-refractivity contribution in [2.45, 2.75) is 25.8 Å². The highest BCUT2D eigenvalue weighted by molar-refractivity contribution is 5.80. The number of nitrogens with two attached hydrogens (primary N) is 1. The van der Waals surface area contributed by atoms with E-state index in [1.54, 1.807) is 0 Å². The highest BCUT2D eigenvalue weighted by Crippen LogP contribution is 2.15. The Labute approximate surface area is 115 Å². The van der Waals surface area contributed by atoms with E-state index >= 15 is 0 Å². The Balaban J connectivity index is 1.96. The summed E-state index contributed by atoms with van der Waals surface area (Å²) in [7, 11) is 0. The average molecular weight is 261 g/mol. The number of rotatable bonds is 5. The molecular formula is C15H23N3O. The minimum Gasteiger partial charge on any atom is -0.368 e. The summed E-state index contributed by atoms with van der Waals surface area (Å²) in [6, 6.07) is 8.36. The molecule has 1 aliphatic heterocycles. The summed E-state index contributed by atoms with van der Waals surface area (Å²) < 4.78 is 0. The van der Waals surface area contributed by atoms with E-state index in [-0.39, 0.29) is 11.9 Å². The van der Waals surface area contributed by atoms with Crippen molar-refractivity contribution in [3.63, 3.8) is 0 Å². The van der Waals surface area contributed by atoms with Crippen LogP contribution in [-0.4, -0.2) is 43.0 Å². The first-order valence-corrected chi connectivity index (χ1v) is 7.02. The lowest BCUT2D eigenvalue weighted by molar-refractivity contribution is -0.120. The number of likely N-dealkylation sites (N-methyl/N-ethyl adjacent to an activating group) is 1. The fraction of sp³-hybridized carbons (Fsp3) is 0.533. The Morgan fingerprint density at radius 2 is 1.89 bits per heavy atom. The third-order valence-electron chi connectivity index (χ3n) is 3.75. The molecule has 1 amide bonds. The molecule has 0 radical (unpaired) electrons. The van der Waals surface area contributed by atoms with Crippen molar-refractivity contribution in [2.24, 2.45) is 5.73 Å². The minimum atomic E-state index is -0.261. The van der Waals surface area contributed by atoms with Gasteiger partial charge in [0.1, 0.15) is 0 Å². The van der Waals surface area contributed by atoms with Crippen LogP contribution in [0, 0.1) is 0 Å². The van der Waals surface area contributed by atoms with Gasteiger partial charge in [-0.05, 0) is 30.5 Å². The zero-order chi connectivity index (χ0) is 13.7. The van der Waals surface area contributed by atoms with Gasteiger partial charge in [-0.15, -0.1) is 0 Å². The van der Waals surface area contributed by atoms with E-state index in [2.05, 4.69) is 34.5 Å². The number of primary amides is 1. The molecule has 4 nitrogen and oxygen atoms in total. The van der Waals surface area contributed by atoms with Gasteiger partial charge in [0.15, 0.2) is 0 Å². The fourth-order valence-corrected chi connectivity index (χ4v) is 2.66. The fourth-order valence-electron chi connectivity index (χ4n) is 2.66. The summed E-state index contributed by atoms with van der Waals surface area (Å²) >= 11 is 0. The molecule has 1 aliphatic rings. The smallest absolute Gasteiger partial charge is 0.235 e. The molecular weight excluding hydrogens is 238 g/mol. The second kappa shape index (κ2) is 6.68. The van der Waals surface area contributed by atoms with Crippen LogP contribution < -0.4 is 11.1 Å². The minimum absolute atomic E-state index is 0.244. The maximum absolute atomic E-state index is 11.4. The van der Waals surface area contributed by atoms with Crippen LogP contribution in [0.15, 0.2) is 24.3 Å². The van der Waals surface area contributed by atoms with Gasteiger partial charge in [0, 0.05) is 19.6 Å². The highest BCUT2D eigenvalue weighted by atomic mass is 16.1. The van der Waals surface area contributed by atoms with E-state index < -0.39 is 0 Å². The van der Waals surface area contributed by atoms with E-state index in [1.807, 2.05) is 6.92 Å². The molecule has 1 atom stereocenters. The quantitative estimate of drug-likeness (QED) is 0.814. The average Bonchev–Trinajstić information content (AvgIpc) is 2.61. The molecule has 0 fully saturated rings. The van der Waals surface area contributed by atoms with Crippen LogP contribution in [0.2, 0.25) is 0 Å². The van der Waals surface area contributed by atoms with Gasteiger partial charge in [-0.2, -0.15) is 0 Å². The van der Waals surface area contributed by atoms with Crippen molar-refractivity contribution >= 4 is 5.91 Å². The van der Waals surface area contributed by atoms with E-state index in [1.165, 1.54) is 11.1 Å². The molecule has 0 saturated heterocycles. The van der Waals surface area contributed by atoms with Crippen molar-refractivity contribution < 1.29 is 4.79 Å². The Kier molecular flexibility index (Phi) is 4.93. The van der Waals surface area contributed by atoms with Crippen molar-refractivity contribution in [2.75, 3.05) is 26.2 Å². The van der Waals surface area contributed by atoms with Crippen LogP contribution in [0.4, 0.5) is 0 Å². The molecule has 1 heterocycles.